The number of fused-ring (bicyclic) bond motifs is 3. The lowest BCUT2D eigenvalue weighted by atomic mass is 9.34. The Kier molecular flexibility index (Phi) is 10.5. The first kappa shape index (κ1) is 41.1. The molecule has 4 fully saturated rings. The molecule has 3 saturated carbocycles. The van der Waals surface area contributed by atoms with Crippen LogP contribution in [0.15, 0.2) is 48.3 Å². The number of hydrogen-bond donors (Lipinski definition) is 3. The molecule has 2 bridgehead atoms. The van der Waals surface area contributed by atoms with Crippen molar-refractivity contribution in [2.75, 3.05) is 19.8 Å². The standard InChI is InChI=1S/C46H69N5O5/c1-28(2)30(5)41(6)20-21-43(8)32-16-17-35-42(7)24-55-26-46(35,33(32)18-19-44(43,9)36(41)40(53)54)22-34(37(42)56-25-45(10,47)29(3)4)51-27-49-38(50-51)39(52)48-23-31-14-12-11-13-15-31/h11-15,18,27-30,32,34-37H,16-17,19-26,47H2,1-10H3,(H,48,52)(H,53,54)/t30-,32+,34-,35+,36-,37+,41-,42+,43-,44+,45+,46?/m1/s1. The molecular formula is C46H69N5O5. The first-order chi connectivity index (χ1) is 26.2. The number of ether oxygens (including phenoxy) is 2. The van der Waals surface area contributed by atoms with E-state index in [1.807, 2.05) is 35.0 Å². The highest BCUT2D eigenvalue weighted by molar-refractivity contribution is 5.90. The average Bonchev–Trinajstić information content (AvgIpc) is 3.64. The Balaban J connectivity index is 1.28. The monoisotopic (exact) mass is 772 g/mol. The summed E-state index contributed by atoms with van der Waals surface area (Å²) in [5.41, 5.74) is 7.23. The minimum atomic E-state index is -0.647. The van der Waals surface area contributed by atoms with Gasteiger partial charge in [0.25, 0.3) is 5.91 Å². The number of carboxylic acid groups (broad SMARTS) is 1. The molecule has 1 saturated heterocycles. The van der Waals surface area contributed by atoms with E-state index >= 15 is 0 Å². The van der Waals surface area contributed by atoms with Crippen molar-refractivity contribution in [1.29, 1.82) is 0 Å². The van der Waals surface area contributed by atoms with E-state index in [4.69, 9.17) is 20.3 Å². The van der Waals surface area contributed by atoms with Crippen LogP contribution >= 0.6 is 0 Å². The Labute approximate surface area is 335 Å². The van der Waals surface area contributed by atoms with Crippen molar-refractivity contribution in [3.05, 3.63) is 59.7 Å². The van der Waals surface area contributed by atoms with Crippen LogP contribution < -0.4 is 11.1 Å². The maximum absolute atomic E-state index is 13.6. The SMILES string of the molecule is CC(C)[C@@H](C)[C@@]1(C)CC[C@]2(C)[C@H]3CC[C@@H]4C5(COC[C@]4(C)[C@@H](OC[C@](C)(N)C(C)C)[C@H](n4cnc(C(=O)NCc6ccccc6)n4)C5)C3=CC[C@@]2(C)[C@@H]1C(=O)O. The summed E-state index contributed by atoms with van der Waals surface area (Å²) in [5, 5.41) is 19.0. The van der Waals surface area contributed by atoms with Gasteiger partial charge in [0.05, 0.1) is 37.9 Å². The molecule has 4 N–H and O–H groups in total. The van der Waals surface area contributed by atoms with Crippen molar-refractivity contribution in [2.45, 2.75) is 132 Å². The van der Waals surface area contributed by atoms with E-state index in [0.29, 0.717) is 38.2 Å². The number of rotatable bonds is 11. The molecule has 2 aromatic rings. The molecule has 10 heteroatoms. The van der Waals surface area contributed by atoms with Crippen molar-refractivity contribution in [3.8, 4) is 0 Å². The lowest BCUT2D eigenvalue weighted by Gasteiger charge is -2.71. The van der Waals surface area contributed by atoms with Crippen LogP contribution in [-0.2, 0) is 20.8 Å². The number of amides is 1. The van der Waals surface area contributed by atoms with E-state index in [-0.39, 0.29) is 63.3 Å². The smallest absolute Gasteiger partial charge is 0.307 e. The minimum Gasteiger partial charge on any atom is -0.481 e. The molecule has 1 unspecified atom stereocenters. The zero-order chi connectivity index (χ0) is 40.6. The molecule has 56 heavy (non-hydrogen) atoms. The Hall–Kier alpha value is -3.08. The van der Waals surface area contributed by atoms with Gasteiger partial charge in [-0.3, -0.25) is 9.59 Å². The quantitative estimate of drug-likeness (QED) is 0.195. The number of nitrogens with one attached hydrogen (secondary N) is 1. The second-order valence-electron chi connectivity index (χ2n) is 20.7. The Morgan fingerprint density at radius 1 is 1.05 bits per heavy atom. The summed E-state index contributed by atoms with van der Waals surface area (Å²) in [6.07, 6.45) is 9.33. The molecule has 10 nitrogen and oxygen atoms in total. The van der Waals surface area contributed by atoms with Crippen LogP contribution in [0.25, 0.3) is 0 Å². The number of aliphatic carboxylic acids is 1. The van der Waals surface area contributed by atoms with E-state index < -0.39 is 22.8 Å². The summed E-state index contributed by atoms with van der Waals surface area (Å²) in [5.74, 6) is 0.158. The van der Waals surface area contributed by atoms with Gasteiger partial charge in [-0.1, -0.05) is 104 Å². The van der Waals surface area contributed by atoms with Crippen LogP contribution in [0.4, 0.5) is 0 Å². The Morgan fingerprint density at radius 2 is 1.77 bits per heavy atom. The average molecular weight is 772 g/mol. The number of benzene rings is 1. The lowest BCUT2D eigenvalue weighted by Crippen LogP contribution is -2.69. The van der Waals surface area contributed by atoms with E-state index in [0.717, 1.165) is 44.1 Å². The molecule has 1 aliphatic heterocycles. The second kappa shape index (κ2) is 14.3. The first-order valence-corrected chi connectivity index (χ1v) is 21.4. The molecule has 0 spiro atoms. The number of carbonyl (C=O) groups is 2. The third-order valence-corrected chi connectivity index (χ3v) is 17.3. The van der Waals surface area contributed by atoms with E-state index in [1.54, 1.807) is 6.33 Å². The summed E-state index contributed by atoms with van der Waals surface area (Å²) in [6.45, 7) is 24.4. The predicted molar refractivity (Wildman–Crippen MR) is 217 cm³/mol. The third-order valence-electron chi connectivity index (χ3n) is 17.3. The molecule has 308 valence electrons. The maximum atomic E-state index is 13.6. The topological polar surface area (TPSA) is 142 Å². The van der Waals surface area contributed by atoms with E-state index in [9.17, 15) is 14.7 Å². The van der Waals surface area contributed by atoms with E-state index in [2.05, 4.69) is 85.6 Å². The fourth-order valence-corrected chi connectivity index (χ4v) is 13.0. The van der Waals surface area contributed by atoms with Crippen molar-refractivity contribution < 1.29 is 24.2 Å². The van der Waals surface area contributed by atoms with E-state index in [1.165, 1.54) is 5.57 Å². The van der Waals surface area contributed by atoms with Crippen LogP contribution in [0.5, 0.6) is 0 Å². The highest BCUT2D eigenvalue weighted by atomic mass is 16.5. The van der Waals surface area contributed by atoms with Crippen molar-refractivity contribution in [1.82, 2.24) is 20.1 Å². The fraction of sp³-hybridized carbons (Fsp3) is 0.739. The first-order valence-electron chi connectivity index (χ1n) is 21.4. The molecule has 4 aliphatic carbocycles. The Bertz CT molecular complexity index is 1820. The fourth-order valence-electron chi connectivity index (χ4n) is 13.0. The summed E-state index contributed by atoms with van der Waals surface area (Å²) >= 11 is 0. The van der Waals surface area contributed by atoms with Crippen LogP contribution in [0.3, 0.4) is 0 Å². The predicted octanol–water partition coefficient (Wildman–Crippen LogP) is 8.10. The van der Waals surface area contributed by atoms with Crippen molar-refractivity contribution in [2.24, 2.45) is 68.3 Å². The molecule has 1 aromatic carbocycles. The maximum Gasteiger partial charge on any atom is 0.307 e. The molecule has 5 aliphatic rings. The molecule has 0 radical (unpaired) electrons. The lowest BCUT2D eigenvalue weighted by molar-refractivity contribution is -0.252. The number of hydrogen-bond acceptors (Lipinski definition) is 7. The summed E-state index contributed by atoms with van der Waals surface area (Å²) < 4.78 is 15.7. The van der Waals surface area contributed by atoms with Crippen molar-refractivity contribution >= 4 is 11.9 Å². The summed E-state index contributed by atoms with van der Waals surface area (Å²) in [6, 6.07) is 9.61. The molecule has 12 atom stereocenters. The number of nitrogens with two attached hydrogens (primary N) is 1. The second-order valence-corrected chi connectivity index (χ2v) is 20.7. The molecule has 2 heterocycles. The van der Waals surface area contributed by atoms with Gasteiger partial charge in [-0.15, -0.1) is 5.10 Å². The van der Waals surface area contributed by atoms with Gasteiger partial charge < -0.3 is 25.6 Å². The van der Waals surface area contributed by atoms with Crippen LogP contribution in [0.2, 0.25) is 0 Å². The van der Waals surface area contributed by atoms with Gasteiger partial charge in [-0.05, 0) is 96.8 Å². The van der Waals surface area contributed by atoms with Gasteiger partial charge in [0.1, 0.15) is 6.33 Å². The van der Waals surface area contributed by atoms with Gasteiger partial charge in [-0.2, -0.15) is 0 Å². The summed E-state index contributed by atoms with van der Waals surface area (Å²) in [4.78, 5) is 31.6. The number of carboxylic acids is 1. The molecule has 7 rings (SSSR count). The highest BCUT2D eigenvalue weighted by Crippen LogP contribution is 2.75. The van der Waals surface area contributed by atoms with Crippen LogP contribution in [0.1, 0.15) is 130 Å². The molecular weight excluding hydrogens is 703 g/mol. The number of nitrogens with zero attached hydrogens (tertiary/aromatic N) is 3. The highest BCUT2D eigenvalue weighted by Gasteiger charge is 2.72. The zero-order valence-electron chi connectivity index (χ0n) is 35.7. The molecule has 1 amide bonds. The molecule has 1 aromatic heterocycles. The van der Waals surface area contributed by atoms with Gasteiger partial charge >= 0.3 is 5.97 Å². The number of aromatic nitrogens is 3. The third kappa shape index (κ3) is 6.21. The van der Waals surface area contributed by atoms with Crippen molar-refractivity contribution in [3.63, 3.8) is 0 Å². The zero-order valence-corrected chi connectivity index (χ0v) is 35.7. The Morgan fingerprint density at radius 3 is 2.43 bits per heavy atom. The summed E-state index contributed by atoms with van der Waals surface area (Å²) in [7, 11) is 0. The number of carbonyl (C=O) groups excluding carboxylic acids is 1. The largest absolute Gasteiger partial charge is 0.481 e. The van der Waals surface area contributed by atoms with Gasteiger partial charge in [0.2, 0.25) is 5.82 Å². The van der Waals surface area contributed by atoms with Gasteiger partial charge in [0.15, 0.2) is 0 Å². The van der Waals surface area contributed by atoms with Crippen LogP contribution in [0, 0.1) is 62.6 Å². The number of allylic oxidation sites excluding steroid dienone is 1. The van der Waals surface area contributed by atoms with Gasteiger partial charge in [-0.25, -0.2) is 9.67 Å². The van der Waals surface area contributed by atoms with Crippen LogP contribution in [-0.4, -0.2) is 63.2 Å². The normalized spacial score (nSPS) is 39.4. The van der Waals surface area contributed by atoms with Gasteiger partial charge in [0, 0.05) is 22.9 Å². The minimum absolute atomic E-state index is 0.138.